The van der Waals surface area contributed by atoms with Crippen LogP contribution < -0.4 is 14.7 Å². The van der Waals surface area contributed by atoms with E-state index in [-0.39, 0.29) is 51.7 Å². The second-order valence-corrected chi connectivity index (χ2v) is 30.7. The maximum absolute atomic E-state index is 12.8. The van der Waals surface area contributed by atoms with Gasteiger partial charge in [-0.1, -0.05) is 107 Å². The molecule has 19 rings (SSSR count). The lowest BCUT2D eigenvalue weighted by atomic mass is 9.56. The van der Waals surface area contributed by atoms with Crippen LogP contribution in [0.2, 0.25) is 0 Å². The fraction of sp³-hybridized carbons (Fsp3) is 0.417. The molecule has 652 valence electrons. The summed E-state index contributed by atoms with van der Waals surface area (Å²) in [5, 5.41) is 18.1. The standard InChI is InChI=1S/2C28H29N5O.C28H27N5O.69H2/c1-17-22-10-9-21-25(28(22,2)15-18-16-30-34-24(17)18)31-26(32-27(21)33-13-5-6-14-33)20-11-12-29-23-8-4-3-7-19(20)23;2*1-17-21-11-10-20-25(28(21,2)16-23(29-3)24(17)34)31-26(32-27(20)33-14-6-7-15-33)19-12-13-30-22-9-5-4-8-18(19)22;;;;;;;;;;;;;;;;;;;;;;;;;;;;;;;;;;;;;;;;;;;;;;;;;;;;;;;;;;;;;;;;;;;;;/h3-4,7-8,11-12,16-17,22H,5-6,9-10,13-15H2,1-2H3;4-5,8-9,12-13,17,21,34H,6-7,10-11,14-16H2,1-2H3;4-5,8-9,12-13,16-17,21H,6-7,10-11,14-15H2,1-2H3;69*1H/t17-,22-,28-;2*17-,21-,28-;;;;;;;;;;;;;;;;;;;;;;;;;;;;;;;;;;;;;;;;;;;;;;;;;;;;;;;;;;;;;;;;;;;;;/m111...................................................................../s1/i;;;69*1+2T. The molecule has 102 heavy (non-hydrogen) atoms. The highest BCUT2D eigenvalue weighted by Gasteiger charge is 2.54. The maximum Gasteiger partial charge on any atom is 0.226 e. The zero-order valence-electron chi connectivity index (χ0n) is 197. The first kappa shape index (κ1) is 24.1. The van der Waals surface area contributed by atoms with Crippen LogP contribution in [0.5, 0.6) is 0 Å². The summed E-state index contributed by atoms with van der Waals surface area (Å²) in [6, 6.07) is 30.6. The molecule has 6 aliphatic carbocycles. The van der Waals surface area contributed by atoms with E-state index in [0.29, 0.717) is 29.8 Å². The summed E-state index contributed by atoms with van der Waals surface area (Å²) in [5.41, 5.74) is 14.0. The first-order chi connectivity index (χ1) is 119. The summed E-state index contributed by atoms with van der Waals surface area (Å²) in [7, 11) is 0. The molecule has 3 aromatic carbocycles. The van der Waals surface area contributed by atoms with Crippen molar-refractivity contribution in [3.63, 3.8) is 0 Å². The Balaban J connectivity index is -0.0000000316. The molecule has 0 amide bonds. The van der Waals surface area contributed by atoms with Crippen molar-refractivity contribution in [2.75, 3.05) is 54.0 Å². The Bertz CT molecular complexity index is 5410. The highest BCUT2D eigenvalue weighted by molar-refractivity contribution is 6.00. The van der Waals surface area contributed by atoms with Gasteiger partial charge in [-0.3, -0.25) is 15.0 Å². The van der Waals surface area contributed by atoms with Crippen molar-refractivity contribution in [3.8, 4) is 34.2 Å². The summed E-state index contributed by atoms with van der Waals surface area (Å²) in [6.07, 6.45) is 23.7. The number of nitrogens with zero attached hydrogens (tertiary/aromatic N) is 15. The number of rotatable bonds is 6. The molecule has 1 N–H and O–H groups in total. The van der Waals surface area contributed by atoms with Gasteiger partial charge in [0.05, 0.1) is 58.7 Å². The van der Waals surface area contributed by atoms with Gasteiger partial charge >= 0.3 is 0 Å². The quantitative estimate of drug-likeness (QED) is 0.154. The minimum absolute atomic E-state index is 0.0323. The second kappa shape index (κ2) is 25.6. The smallest absolute Gasteiger partial charge is 0.226 e. The van der Waals surface area contributed by atoms with Gasteiger partial charge in [0.1, 0.15) is 23.2 Å². The van der Waals surface area contributed by atoms with Crippen LogP contribution >= 0.6 is 0 Å². The van der Waals surface area contributed by atoms with Crippen molar-refractivity contribution in [1.29, 1.82) is 0 Å². The van der Waals surface area contributed by atoms with Gasteiger partial charge in [-0.25, -0.2) is 39.6 Å². The Morgan fingerprint density at radius 1 is 0.520 bits per heavy atom. The number of fused-ring (bicyclic) bond motifs is 13. The molecular formula is C84H223N15O3. The van der Waals surface area contributed by atoms with Gasteiger partial charge in [0.15, 0.2) is 23.3 Å². The highest BCUT2D eigenvalue weighted by Crippen LogP contribution is 2.58. The monoisotopic (exact) mass is 1770 g/mol. The number of ketones is 1. The van der Waals surface area contributed by atoms with E-state index in [4.69, 9.17) is 252 Å². The SMILES string of the molecule is C[C@H]1c2oncc2C[C@@]2(C)c3nc(-c4ccnc5ccccc45)nc(N4CCCC4)c3CC[C@H]12.[3H][3H].[3H][3H].[3H][3H].[3H][3H].[3H][3H].[3H][3H].[3H][3H].[3H][3H].[3H][3H].[3H][3H].[3H][3H].[3H][3H].[3H][3H].[3H][3H].[3H][3H].[3H][3H].[3H][3H].[3H][3H].[3H][3H].[3H][3H].[3H][3H].[3H][3H].[3H][3H].[3H][3H].[3H][3H].[3H][3H].[3H][3H].[3H][3H].[3H][3H].[3H][3H].[3H][3H].[3H][3H].[3H][3H].[3H][3H].[3H][3H].[3H][3H].[3H][3H].[3H][3H].[3H][3H].[3H][3H].[3H][3H].[3H][3H].[3H][3H].[3H][3H].[3H][3H].[3H][3H].[3H][3H].[3H][3H].[3H][3H].[3H][3H].[3H][3H].[3H][3H].[3H][3H].[3H][3H].[3H][3H].[3H][3H].[3H][3H].[3H][3H].[3H][3H].[3H][3H].[3H][3H].[3H][3H].[3H][3H].[3H][3H].[3H][3H].[3H][3H].[3H][3H].[3H][3H].[3H][3H].[C-]#[N+]C1=C(O)[C@H](C)[C@H]2CCc3c(N4CCCC4)nc(-c4ccnc5ccccc45)nc3[C@]2(C)C1.[C-]#[N+]C1=C[C@@]2(C)c3nc(-c4ccnc5ccccc45)nc(N4CCCC4)c3CC[C@@H]2[C@@H](C)C1=O. The van der Waals surface area contributed by atoms with Gasteiger partial charge in [-0.15, -0.1) is 0 Å². The Morgan fingerprint density at radius 3 is 1.38 bits per heavy atom. The van der Waals surface area contributed by atoms with Crippen molar-refractivity contribution in [1.82, 2.24) is 50.0 Å². The van der Waals surface area contributed by atoms with E-state index in [9.17, 15) is 9.90 Å². The summed E-state index contributed by atoms with van der Waals surface area (Å²) < 4.78 is 696. The number of aromatic nitrogens is 10. The van der Waals surface area contributed by atoms with Crippen molar-refractivity contribution in [3.05, 3.63) is 207 Å². The minimum atomic E-state index is -0.476. The first-order valence-electron chi connectivity index (χ1n) is 106. The molecule has 3 aliphatic heterocycles. The zero-order valence-corrected chi connectivity index (χ0v) is 59.1. The van der Waals surface area contributed by atoms with E-state index < -0.39 is 5.41 Å². The molecule has 0 unspecified atom stereocenters. The van der Waals surface area contributed by atoms with E-state index in [0.717, 1.165) is 180 Å². The third-order valence-electron chi connectivity index (χ3n) is 25.0. The normalized spacial score (nSPS) is 31.5. The summed E-state index contributed by atoms with van der Waals surface area (Å²) >= 11 is 0. The van der Waals surface area contributed by atoms with E-state index in [1.807, 2.05) is 92.4 Å². The lowest BCUT2D eigenvalue weighted by Gasteiger charge is -2.48. The number of carbonyl (C=O) groups is 1. The molecular weight excluding hydrogens is 1270 g/mol. The molecule has 3 saturated heterocycles. The fourth-order valence-corrected chi connectivity index (χ4v) is 19.8. The first-order valence-corrected chi connectivity index (χ1v) is 37.0. The summed E-state index contributed by atoms with van der Waals surface area (Å²) in [4.78, 5) is 72.7. The van der Waals surface area contributed by atoms with Crippen molar-refractivity contribution in [2.24, 2.45) is 29.6 Å². The van der Waals surface area contributed by atoms with Crippen LogP contribution in [0, 0.1) is 42.7 Å². The van der Waals surface area contributed by atoms with Gasteiger partial charge in [0.2, 0.25) is 11.4 Å². The maximum atomic E-state index is 12.8. The zero-order chi connectivity index (χ0) is 208. The van der Waals surface area contributed by atoms with Crippen LogP contribution in [-0.4, -0.2) is 100 Å². The number of Topliss-reactive ketones (excluding diaryl/α,β-unsaturated/α-hetero) is 1. The lowest BCUT2D eigenvalue weighted by molar-refractivity contribution is -0.121. The molecule has 0 bridgehead atoms. The fourth-order valence-electron chi connectivity index (χ4n) is 19.8. The van der Waals surface area contributed by atoms with Crippen LogP contribution in [0.1, 0.15) is 362 Å². The molecule has 9 atom stereocenters. The molecule has 10 heterocycles. The average molecular weight is 1770 g/mol. The van der Waals surface area contributed by atoms with Gasteiger partial charge in [0, 0.05) is 352 Å². The van der Waals surface area contributed by atoms with Crippen molar-refractivity contribution in [2.45, 2.75) is 154 Å². The number of carbonyl (C=O) groups excluding carboxylic acids is 1. The van der Waals surface area contributed by atoms with E-state index in [2.05, 4.69) is 116 Å². The summed E-state index contributed by atoms with van der Waals surface area (Å²) in [6.45, 7) is 34.7. The molecule has 10 aromatic rings. The third-order valence-corrected chi connectivity index (χ3v) is 25.0. The van der Waals surface area contributed by atoms with E-state index in [1.54, 1.807) is 0 Å². The highest BCUT2D eigenvalue weighted by atomic mass is 16.5. The molecule has 7 aromatic heterocycles. The molecule has 18 nitrogen and oxygen atoms in total. The number of hydrogen-bond donors (Lipinski definition) is 1. The number of hydrogen-bond acceptors (Lipinski definition) is 16. The van der Waals surface area contributed by atoms with Gasteiger partial charge < -0.3 is 29.1 Å². The van der Waals surface area contributed by atoms with Gasteiger partial charge in [-0.2, -0.15) is 0 Å². The second-order valence-electron chi connectivity index (χ2n) is 30.7. The molecule has 0 radical (unpaired) electrons. The van der Waals surface area contributed by atoms with E-state index in [1.165, 1.54) is 66.5 Å². The van der Waals surface area contributed by atoms with Crippen LogP contribution in [0.25, 0.3) is 76.6 Å². The molecule has 3 fully saturated rings. The largest absolute Gasteiger partial charge is 0.523 e. The predicted molar refractivity (Wildman–Crippen MR) is 544 cm³/mol. The predicted octanol–water partition coefficient (Wildman–Crippen LogP) is 33.4. The molecule has 0 saturated carbocycles. The molecule has 9 aliphatic rings. The lowest BCUT2D eigenvalue weighted by Crippen LogP contribution is -2.46. The number of pyridine rings is 3. The van der Waals surface area contributed by atoms with Crippen molar-refractivity contribution < 1.29 is 219 Å². The van der Waals surface area contributed by atoms with Crippen LogP contribution in [0.15, 0.2) is 144 Å². The van der Waals surface area contributed by atoms with Crippen LogP contribution in [0.3, 0.4) is 0 Å². The number of anilines is 3. The van der Waals surface area contributed by atoms with E-state index >= 15 is 0 Å². The topological polar surface area (TPSA) is 198 Å². The van der Waals surface area contributed by atoms with Crippen molar-refractivity contribution >= 4 is 55.9 Å². The van der Waals surface area contributed by atoms with Gasteiger partial charge in [-0.05, 0) is 144 Å². The van der Waals surface area contributed by atoms with Crippen LogP contribution in [0.4, 0.5) is 17.5 Å². The average Bonchev–Trinajstić information content (AvgIpc) is 1.31. The molecule has 18 heteroatoms. The third kappa shape index (κ3) is 10.6. The minimum Gasteiger partial charge on any atom is -0.523 e. The Kier molecular flexibility index (Phi) is 6.07. The number of allylic oxidation sites excluding steroid dienone is 4. The number of benzene rings is 3. The Hall–Kier alpha value is -10.3. The van der Waals surface area contributed by atoms with Gasteiger partial charge in [0.25, 0.3) is 0 Å². The number of aliphatic hydroxyl groups excluding tert-OH is 1. The molecule has 0 spiro atoms. The Morgan fingerprint density at radius 2 is 0.931 bits per heavy atom. The Labute approximate surface area is 808 Å². The van der Waals surface area contributed by atoms with Crippen LogP contribution in [-0.2, 0) is 46.7 Å². The summed E-state index contributed by atoms with van der Waals surface area (Å²) in [5.74, 6) is 7.75. The number of aliphatic hydroxyl groups is 1. The number of para-hydroxylation sites is 3.